The normalized spacial score (nSPS) is 14.0. The second-order valence-corrected chi connectivity index (χ2v) is 5.99. The third-order valence-corrected chi connectivity index (χ3v) is 3.95. The molecular formula is C13H30N2. The molecule has 0 amide bonds. The van der Waals surface area contributed by atoms with Crippen LogP contribution < -0.4 is 5.73 Å². The van der Waals surface area contributed by atoms with Crippen LogP contribution in [0.2, 0.25) is 0 Å². The van der Waals surface area contributed by atoms with E-state index in [4.69, 9.17) is 5.73 Å². The lowest BCUT2D eigenvalue weighted by atomic mass is 9.74. The van der Waals surface area contributed by atoms with Crippen LogP contribution in [0.1, 0.15) is 54.4 Å². The Balaban J connectivity index is 4.45. The Morgan fingerprint density at radius 3 is 1.73 bits per heavy atom. The van der Waals surface area contributed by atoms with E-state index in [1.807, 2.05) is 0 Å². The fraction of sp³-hybridized carbons (Fsp3) is 1.00. The lowest BCUT2D eigenvalue weighted by molar-refractivity contribution is 0.0993. The van der Waals surface area contributed by atoms with Gasteiger partial charge in [0.25, 0.3) is 0 Å². The molecule has 0 saturated carbocycles. The Labute approximate surface area is 96.2 Å². The zero-order valence-corrected chi connectivity index (χ0v) is 11.7. The Morgan fingerprint density at radius 2 is 1.47 bits per heavy atom. The van der Waals surface area contributed by atoms with Crippen LogP contribution in [0.4, 0.5) is 0 Å². The van der Waals surface area contributed by atoms with Crippen LogP contribution >= 0.6 is 0 Å². The minimum atomic E-state index is -0.132. The second-order valence-electron chi connectivity index (χ2n) is 5.99. The van der Waals surface area contributed by atoms with Gasteiger partial charge < -0.3 is 10.6 Å². The molecule has 0 rings (SSSR count). The molecule has 0 aromatic rings. The molecule has 0 spiro atoms. The highest BCUT2D eigenvalue weighted by molar-refractivity contribution is 4.92. The third-order valence-electron chi connectivity index (χ3n) is 3.95. The first-order valence-corrected chi connectivity index (χ1v) is 6.14. The van der Waals surface area contributed by atoms with Gasteiger partial charge in [0.15, 0.2) is 0 Å². The SMILES string of the molecule is CCC(CC)N(C)CC(C)(C)C(C)(C)N. The van der Waals surface area contributed by atoms with Crippen LogP contribution in [0.3, 0.4) is 0 Å². The van der Waals surface area contributed by atoms with Gasteiger partial charge in [0.05, 0.1) is 0 Å². The molecule has 0 aliphatic rings. The van der Waals surface area contributed by atoms with E-state index in [0.717, 1.165) is 6.54 Å². The summed E-state index contributed by atoms with van der Waals surface area (Å²) < 4.78 is 0. The maximum Gasteiger partial charge on any atom is 0.0161 e. The minimum absolute atomic E-state index is 0.132. The summed E-state index contributed by atoms with van der Waals surface area (Å²) in [5.74, 6) is 0. The molecule has 2 nitrogen and oxygen atoms in total. The Bertz CT molecular complexity index is 175. The molecule has 0 saturated heterocycles. The highest BCUT2D eigenvalue weighted by Gasteiger charge is 2.35. The highest BCUT2D eigenvalue weighted by Crippen LogP contribution is 2.29. The quantitative estimate of drug-likeness (QED) is 0.736. The van der Waals surface area contributed by atoms with E-state index >= 15 is 0 Å². The topological polar surface area (TPSA) is 29.3 Å². The van der Waals surface area contributed by atoms with Crippen LogP contribution in [-0.2, 0) is 0 Å². The average molecular weight is 214 g/mol. The Hall–Kier alpha value is -0.0800. The molecule has 92 valence electrons. The van der Waals surface area contributed by atoms with Gasteiger partial charge in [-0.2, -0.15) is 0 Å². The van der Waals surface area contributed by atoms with E-state index in [2.05, 4.69) is 53.5 Å². The van der Waals surface area contributed by atoms with Gasteiger partial charge in [0, 0.05) is 18.1 Å². The molecule has 0 radical (unpaired) electrons. The summed E-state index contributed by atoms with van der Waals surface area (Å²) in [4.78, 5) is 2.45. The van der Waals surface area contributed by atoms with Crippen molar-refractivity contribution in [3.05, 3.63) is 0 Å². The second kappa shape index (κ2) is 5.31. The molecular weight excluding hydrogens is 184 g/mol. The van der Waals surface area contributed by atoms with Crippen molar-refractivity contribution < 1.29 is 0 Å². The van der Waals surface area contributed by atoms with Crippen LogP contribution in [0, 0.1) is 5.41 Å². The molecule has 0 fully saturated rings. The summed E-state index contributed by atoms with van der Waals surface area (Å²) >= 11 is 0. The van der Waals surface area contributed by atoms with Gasteiger partial charge >= 0.3 is 0 Å². The third kappa shape index (κ3) is 4.12. The van der Waals surface area contributed by atoms with Crippen molar-refractivity contribution in [2.24, 2.45) is 11.1 Å². The van der Waals surface area contributed by atoms with Crippen molar-refractivity contribution >= 4 is 0 Å². The molecule has 0 atom stereocenters. The highest BCUT2D eigenvalue weighted by atomic mass is 15.1. The maximum absolute atomic E-state index is 6.22. The Kier molecular flexibility index (Phi) is 5.28. The summed E-state index contributed by atoms with van der Waals surface area (Å²) in [5, 5.41) is 0. The summed E-state index contributed by atoms with van der Waals surface area (Å²) in [6.07, 6.45) is 2.43. The molecule has 0 unspecified atom stereocenters. The van der Waals surface area contributed by atoms with Gasteiger partial charge in [-0.25, -0.2) is 0 Å². The number of hydrogen-bond donors (Lipinski definition) is 1. The van der Waals surface area contributed by atoms with E-state index in [1.54, 1.807) is 0 Å². The first kappa shape index (κ1) is 14.9. The molecule has 0 bridgehead atoms. The number of hydrogen-bond acceptors (Lipinski definition) is 2. The number of nitrogens with two attached hydrogens (primary N) is 1. The monoisotopic (exact) mass is 214 g/mol. The van der Waals surface area contributed by atoms with Gasteiger partial charge in [-0.1, -0.05) is 27.7 Å². The summed E-state index contributed by atoms with van der Waals surface area (Å²) in [6.45, 7) is 14.3. The van der Waals surface area contributed by atoms with Crippen molar-refractivity contribution in [2.45, 2.75) is 66.0 Å². The van der Waals surface area contributed by atoms with E-state index in [9.17, 15) is 0 Å². The van der Waals surface area contributed by atoms with Gasteiger partial charge in [-0.3, -0.25) is 0 Å². The van der Waals surface area contributed by atoms with Crippen molar-refractivity contribution in [3.63, 3.8) is 0 Å². The molecule has 2 N–H and O–H groups in total. The van der Waals surface area contributed by atoms with Crippen LogP contribution in [-0.4, -0.2) is 30.1 Å². The maximum atomic E-state index is 6.22. The van der Waals surface area contributed by atoms with Gasteiger partial charge in [0.1, 0.15) is 0 Å². The predicted molar refractivity (Wildman–Crippen MR) is 69.0 cm³/mol. The lowest BCUT2D eigenvalue weighted by Crippen LogP contribution is -2.53. The Morgan fingerprint density at radius 1 is 1.07 bits per heavy atom. The molecule has 0 aliphatic carbocycles. The number of nitrogens with zero attached hydrogens (tertiary/aromatic N) is 1. The zero-order valence-electron chi connectivity index (χ0n) is 11.7. The minimum Gasteiger partial charge on any atom is -0.325 e. The van der Waals surface area contributed by atoms with Gasteiger partial charge in [-0.15, -0.1) is 0 Å². The summed E-state index contributed by atoms with van der Waals surface area (Å²) in [5.41, 5.74) is 6.23. The van der Waals surface area contributed by atoms with Crippen molar-refractivity contribution in [2.75, 3.05) is 13.6 Å². The molecule has 0 heterocycles. The first-order valence-electron chi connectivity index (χ1n) is 6.14. The van der Waals surface area contributed by atoms with Crippen molar-refractivity contribution in [1.82, 2.24) is 4.90 Å². The van der Waals surface area contributed by atoms with Crippen LogP contribution in [0.25, 0.3) is 0 Å². The summed E-state index contributed by atoms with van der Waals surface area (Å²) in [6, 6.07) is 0.687. The average Bonchev–Trinajstić information content (AvgIpc) is 2.03. The van der Waals surface area contributed by atoms with Crippen molar-refractivity contribution in [3.8, 4) is 0 Å². The van der Waals surface area contributed by atoms with Crippen LogP contribution in [0.5, 0.6) is 0 Å². The first-order chi connectivity index (χ1) is 6.65. The van der Waals surface area contributed by atoms with E-state index in [0.29, 0.717) is 6.04 Å². The molecule has 2 heteroatoms. The molecule has 15 heavy (non-hydrogen) atoms. The predicted octanol–water partition coefficient (Wildman–Crippen LogP) is 2.87. The smallest absolute Gasteiger partial charge is 0.0161 e. The number of rotatable bonds is 6. The van der Waals surface area contributed by atoms with Gasteiger partial charge in [-0.05, 0) is 39.2 Å². The summed E-state index contributed by atoms with van der Waals surface area (Å²) in [7, 11) is 2.21. The largest absolute Gasteiger partial charge is 0.325 e. The molecule has 0 aromatic carbocycles. The van der Waals surface area contributed by atoms with E-state index in [1.165, 1.54) is 12.8 Å². The van der Waals surface area contributed by atoms with Crippen molar-refractivity contribution in [1.29, 1.82) is 0 Å². The fourth-order valence-electron chi connectivity index (χ4n) is 1.87. The fourth-order valence-corrected chi connectivity index (χ4v) is 1.87. The molecule has 0 aromatic heterocycles. The molecule has 0 aliphatic heterocycles. The zero-order chi connectivity index (χ0) is 12.3. The van der Waals surface area contributed by atoms with Gasteiger partial charge in [0.2, 0.25) is 0 Å². The van der Waals surface area contributed by atoms with Crippen LogP contribution in [0.15, 0.2) is 0 Å². The van der Waals surface area contributed by atoms with E-state index in [-0.39, 0.29) is 11.0 Å². The standard InChI is InChI=1S/C13H30N2/c1-8-11(9-2)15(7)10-12(3,4)13(5,6)14/h11H,8-10,14H2,1-7H3. The lowest BCUT2D eigenvalue weighted by Gasteiger charge is -2.43. The van der Waals surface area contributed by atoms with E-state index < -0.39 is 0 Å².